The van der Waals surface area contributed by atoms with E-state index >= 15 is 0 Å². The molecule has 1 aromatic carbocycles. The first-order chi connectivity index (χ1) is 10.4. The highest BCUT2D eigenvalue weighted by atomic mass is 16.1. The summed E-state index contributed by atoms with van der Waals surface area (Å²) in [5.41, 5.74) is 3.34. The Morgan fingerprint density at radius 1 is 1.09 bits per heavy atom. The van der Waals surface area contributed by atoms with E-state index in [4.69, 9.17) is 0 Å². The predicted octanol–water partition coefficient (Wildman–Crippen LogP) is 3.88. The van der Waals surface area contributed by atoms with Crippen LogP contribution in [0.5, 0.6) is 0 Å². The van der Waals surface area contributed by atoms with Crippen LogP contribution in [0.15, 0.2) is 55.0 Å². The number of nitrogens with zero attached hydrogens (tertiary/aromatic N) is 2. The molecule has 0 unspecified atom stereocenters. The zero-order valence-corrected chi connectivity index (χ0v) is 13.0. The van der Waals surface area contributed by atoms with Crippen LogP contribution in [0.4, 0.5) is 5.69 Å². The van der Waals surface area contributed by atoms with Crippen molar-refractivity contribution in [1.29, 1.82) is 0 Å². The molecule has 22 heavy (non-hydrogen) atoms. The molecule has 1 N–H and O–H groups in total. The first-order valence-electron chi connectivity index (χ1n) is 7.29. The average Bonchev–Trinajstić information content (AvgIpc) is 2.95. The number of pyridine rings is 1. The summed E-state index contributed by atoms with van der Waals surface area (Å²) in [6.45, 7) is 6.50. The molecule has 0 saturated heterocycles. The van der Waals surface area contributed by atoms with Gasteiger partial charge in [-0.3, -0.25) is 4.79 Å². The van der Waals surface area contributed by atoms with Crippen LogP contribution < -0.4 is 5.32 Å². The van der Waals surface area contributed by atoms with Gasteiger partial charge < -0.3 is 9.72 Å². The van der Waals surface area contributed by atoms with Crippen molar-refractivity contribution < 1.29 is 4.79 Å². The van der Waals surface area contributed by atoms with Gasteiger partial charge in [-0.2, -0.15) is 0 Å². The third-order valence-corrected chi connectivity index (χ3v) is 3.67. The van der Waals surface area contributed by atoms with Crippen LogP contribution in [0.2, 0.25) is 0 Å². The topological polar surface area (TPSA) is 46.4 Å². The number of carbonyl (C=O) groups excluding carboxylic acids is 1. The molecular weight excluding hydrogens is 274 g/mol. The SMILES string of the molecule is CC(C)(C)c1ccc(NC(=O)c2cccn3ccnc23)cc1. The molecular formula is C18H19N3O. The van der Waals surface area contributed by atoms with Crippen LogP contribution in [-0.2, 0) is 5.41 Å². The second kappa shape index (κ2) is 5.30. The van der Waals surface area contributed by atoms with Gasteiger partial charge in [0.25, 0.3) is 5.91 Å². The molecule has 4 heteroatoms. The molecule has 2 aromatic heterocycles. The number of carbonyl (C=O) groups is 1. The minimum Gasteiger partial charge on any atom is -0.322 e. The van der Waals surface area contributed by atoms with Gasteiger partial charge in [0, 0.05) is 24.3 Å². The van der Waals surface area contributed by atoms with E-state index in [9.17, 15) is 4.79 Å². The molecule has 2 heterocycles. The fourth-order valence-electron chi connectivity index (χ4n) is 2.38. The molecule has 0 aliphatic heterocycles. The summed E-state index contributed by atoms with van der Waals surface area (Å²) in [5.74, 6) is -0.152. The lowest BCUT2D eigenvalue weighted by atomic mass is 9.87. The largest absolute Gasteiger partial charge is 0.322 e. The van der Waals surface area contributed by atoms with Gasteiger partial charge in [0.2, 0.25) is 0 Å². The van der Waals surface area contributed by atoms with Crippen LogP contribution in [0.1, 0.15) is 36.7 Å². The molecule has 0 atom stereocenters. The Kier molecular flexibility index (Phi) is 3.45. The van der Waals surface area contributed by atoms with E-state index in [1.54, 1.807) is 12.3 Å². The molecule has 0 aliphatic carbocycles. The Morgan fingerprint density at radius 2 is 1.82 bits per heavy atom. The van der Waals surface area contributed by atoms with Gasteiger partial charge in [0.1, 0.15) is 5.65 Å². The Bertz CT molecular complexity index is 810. The number of rotatable bonds is 2. The van der Waals surface area contributed by atoms with E-state index in [-0.39, 0.29) is 11.3 Å². The summed E-state index contributed by atoms with van der Waals surface area (Å²) in [6.07, 6.45) is 5.38. The maximum absolute atomic E-state index is 12.4. The van der Waals surface area contributed by atoms with Crippen LogP contribution in [0, 0.1) is 0 Å². The average molecular weight is 293 g/mol. The van der Waals surface area contributed by atoms with Gasteiger partial charge in [-0.25, -0.2) is 4.98 Å². The fourth-order valence-corrected chi connectivity index (χ4v) is 2.38. The number of imidazole rings is 1. The lowest BCUT2D eigenvalue weighted by molar-refractivity contribution is 0.102. The van der Waals surface area contributed by atoms with E-state index < -0.39 is 0 Å². The maximum Gasteiger partial charge on any atom is 0.259 e. The van der Waals surface area contributed by atoms with E-state index in [0.29, 0.717) is 11.2 Å². The standard InChI is InChI=1S/C18H19N3O/c1-18(2,3)13-6-8-14(9-7-13)20-17(22)15-5-4-11-21-12-10-19-16(15)21/h4-12H,1-3H3,(H,20,22). The maximum atomic E-state index is 12.4. The Labute approximate surface area is 129 Å². The Morgan fingerprint density at radius 3 is 2.50 bits per heavy atom. The number of aromatic nitrogens is 2. The molecule has 0 saturated carbocycles. The number of hydrogen-bond donors (Lipinski definition) is 1. The van der Waals surface area contributed by atoms with Gasteiger partial charge >= 0.3 is 0 Å². The molecule has 0 spiro atoms. The van der Waals surface area contributed by atoms with Crippen LogP contribution >= 0.6 is 0 Å². The summed E-state index contributed by atoms with van der Waals surface area (Å²) in [6, 6.07) is 11.6. The van der Waals surface area contributed by atoms with E-state index in [1.807, 2.05) is 47.1 Å². The zero-order valence-electron chi connectivity index (χ0n) is 13.0. The van der Waals surface area contributed by atoms with Gasteiger partial charge in [0.15, 0.2) is 0 Å². The number of hydrogen-bond acceptors (Lipinski definition) is 2. The molecule has 0 bridgehead atoms. The first-order valence-corrected chi connectivity index (χ1v) is 7.29. The van der Waals surface area contributed by atoms with Crippen molar-refractivity contribution in [2.75, 3.05) is 5.32 Å². The minimum atomic E-state index is -0.152. The van der Waals surface area contributed by atoms with Gasteiger partial charge in [0.05, 0.1) is 5.56 Å². The van der Waals surface area contributed by atoms with Gasteiger partial charge in [-0.1, -0.05) is 32.9 Å². The molecule has 1 amide bonds. The monoisotopic (exact) mass is 293 g/mol. The fraction of sp³-hybridized carbons (Fsp3) is 0.222. The minimum absolute atomic E-state index is 0.101. The first kappa shape index (κ1) is 14.3. The van der Waals surface area contributed by atoms with Crippen LogP contribution in [0.25, 0.3) is 5.65 Å². The smallest absolute Gasteiger partial charge is 0.259 e. The quantitative estimate of drug-likeness (QED) is 0.779. The highest BCUT2D eigenvalue weighted by Crippen LogP contribution is 2.23. The van der Waals surface area contributed by atoms with E-state index in [0.717, 1.165) is 5.69 Å². The van der Waals surface area contributed by atoms with Crippen molar-refractivity contribution in [3.05, 3.63) is 66.1 Å². The lowest BCUT2D eigenvalue weighted by Crippen LogP contribution is -2.14. The number of amides is 1. The molecule has 3 aromatic rings. The summed E-state index contributed by atoms with van der Waals surface area (Å²) in [7, 11) is 0. The number of fused-ring (bicyclic) bond motifs is 1. The van der Waals surface area contributed by atoms with Crippen molar-refractivity contribution in [1.82, 2.24) is 9.38 Å². The molecule has 112 valence electrons. The Hall–Kier alpha value is -2.62. The normalized spacial score (nSPS) is 11.6. The van der Waals surface area contributed by atoms with Gasteiger partial charge in [-0.15, -0.1) is 0 Å². The number of anilines is 1. The lowest BCUT2D eigenvalue weighted by Gasteiger charge is -2.19. The third kappa shape index (κ3) is 2.72. The van der Waals surface area contributed by atoms with Crippen LogP contribution in [-0.4, -0.2) is 15.3 Å². The molecule has 0 aliphatic rings. The van der Waals surface area contributed by atoms with Crippen LogP contribution in [0.3, 0.4) is 0 Å². The molecule has 3 rings (SSSR count). The second-order valence-electron chi connectivity index (χ2n) is 6.36. The third-order valence-electron chi connectivity index (χ3n) is 3.67. The predicted molar refractivity (Wildman–Crippen MR) is 88.3 cm³/mol. The highest BCUT2D eigenvalue weighted by molar-refractivity contribution is 6.08. The molecule has 0 fully saturated rings. The highest BCUT2D eigenvalue weighted by Gasteiger charge is 2.14. The summed E-state index contributed by atoms with van der Waals surface area (Å²) < 4.78 is 1.83. The zero-order chi connectivity index (χ0) is 15.7. The van der Waals surface area contributed by atoms with Crippen molar-refractivity contribution in [3.63, 3.8) is 0 Å². The summed E-state index contributed by atoms with van der Waals surface area (Å²) >= 11 is 0. The summed E-state index contributed by atoms with van der Waals surface area (Å²) in [5, 5.41) is 2.93. The van der Waals surface area contributed by atoms with Crippen molar-refractivity contribution in [2.45, 2.75) is 26.2 Å². The van der Waals surface area contributed by atoms with E-state index in [1.165, 1.54) is 5.56 Å². The van der Waals surface area contributed by atoms with Gasteiger partial charge in [-0.05, 0) is 35.2 Å². The number of benzene rings is 1. The molecule has 4 nitrogen and oxygen atoms in total. The van der Waals surface area contributed by atoms with Crippen molar-refractivity contribution >= 4 is 17.2 Å². The molecule has 0 radical (unpaired) electrons. The van der Waals surface area contributed by atoms with Crippen molar-refractivity contribution in [3.8, 4) is 0 Å². The second-order valence-corrected chi connectivity index (χ2v) is 6.36. The van der Waals surface area contributed by atoms with E-state index in [2.05, 4.69) is 31.1 Å². The summed E-state index contributed by atoms with van der Waals surface area (Å²) in [4.78, 5) is 16.7. The van der Waals surface area contributed by atoms with Crippen molar-refractivity contribution in [2.24, 2.45) is 0 Å². The number of nitrogens with one attached hydrogen (secondary N) is 1. The Balaban J connectivity index is 1.84.